The molecule has 0 amide bonds. The van der Waals surface area contributed by atoms with E-state index in [0.717, 1.165) is 7.11 Å². The van der Waals surface area contributed by atoms with E-state index in [1.165, 1.54) is 24.5 Å². The van der Waals surface area contributed by atoms with Crippen molar-refractivity contribution in [2.75, 3.05) is 17.6 Å². The van der Waals surface area contributed by atoms with Crippen LogP contribution in [-0.4, -0.2) is 26.5 Å². The number of aryl methyl sites for hydroxylation is 1. The van der Waals surface area contributed by atoms with Crippen molar-refractivity contribution >= 4 is 27.7 Å². The number of aromatic nitrogens is 1. The summed E-state index contributed by atoms with van der Waals surface area (Å²) >= 11 is 0. The smallest absolute Gasteiger partial charge is 0.339 e. The summed E-state index contributed by atoms with van der Waals surface area (Å²) in [4.78, 5) is 15.2. The summed E-state index contributed by atoms with van der Waals surface area (Å²) in [6, 6.07) is 3.60. The van der Waals surface area contributed by atoms with Crippen LogP contribution in [0, 0.1) is 6.92 Å². The molecule has 21 heavy (non-hydrogen) atoms. The second-order valence-electron chi connectivity index (χ2n) is 4.15. The summed E-state index contributed by atoms with van der Waals surface area (Å²) in [6.45, 7) is 1.64. The summed E-state index contributed by atoms with van der Waals surface area (Å²) in [5.41, 5.74) is 6.14. The average Bonchev–Trinajstić information content (AvgIpc) is 2.82. The molecule has 2 rings (SSSR count). The molecule has 0 fully saturated rings. The van der Waals surface area contributed by atoms with Crippen LogP contribution in [0.2, 0.25) is 0 Å². The Morgan fingerprint density at radius 1 is 1.43 bits per heavy atom. The van der Waals surface area contributed by atoms with Crippen molar-refractivity contribution in [1.29, 1.82) is 0 Å². The van der Waals surface area contributed by atoms with Crippen LogP contribution in [0.15, 0.2) is 33.8 Å². The number of nitrogens with zero attached hydrogens (tertiary/aromatic N) is 1. The van der Waals surface area contributed by atoms with Gasteiger partial charge in [0.1, 0.15) is 11.2 Å². The van der Waals surface area contributed by atoms with Crippen LogP contribution in [0.4, 0.5) is 11.7 Å². The maximum Gasteiger partial charge on any atom is 0.339 e. The van der Waals surface area contributed by atoms with Gasteiger partial charge in [0.2, 0.25) is 0 Å². The molecular weight excluding hydrogens is 298 g/mol. The SMILES string of the molecule is COC(=O)c1cc(N)ccc1S(=O)(=O)Nc1nc(C)co1. The molecule has 1 aromatic carbocycles. The van der Waals surface area contributed by atoms with E-state index in [1.54, 1.807) is 6.92 Å². The van der Waals surface area contributed by atoms with Gasteiger partial charge in [0.25, 0.3) is 10.0 Å². The largest absolute Gasteiger partial charge is 0.465 e. The topological polar surface area (TPSA) is 125 Å². The van der Waals surface area contributed by atoms with Crippen LogP contribution < -0.4 is 10.5 Å². The van der Waals surface area contributed by atoms with Gasteiger partial charge in [0.15, 0.2) is 0 Å². The van der Waals surface area contributed by atoms with Crippen LogP contribution in [0.5, 0.6) is 0 Å². The molecule has 0 atom stereocenters. The number of anilines is 2. The van der Waals surface area contributed by atoms with Gasteiger partial charge in [-0.15, -0.1) is 0 Å². The molecule has 0 spiro atoms. The van der Waals surface area contributed by atoms with Gasteiger partial charge in [-0.2, -0.15) is 4.98 Å². The number of nitrogens with two attached hydrogens (primary N) is 1. The van der Waals surface area contributed by atoms with Crippen LogP contribution in [0.25, 0.3) is 0 Å². The van der Waals surface area contributed by atoms with E-state index in [4.69, 9.17) is 10.2 Å². The summed E-state index contributed by atoms with van der Waals surface area (Å²) in [6.07, 6.45) is 1.29. The van der Waals surface area contributed by atoms with E-state index >= 15 is 0 Å². The lowest BCUT2D eigenvalue weighted by atomic mass is 10.2. The highest BCUT2D eigenvalue weighted by Gasteiger charge is 2.24. The fourth-order valence-corrected chi connectivity index (χ4v) is 2.73. The zero-order valence-corrected chi connectivity index (χ0v) is 12.1. The first-order valence-corrected chi connectivity index (χ1v) is 7.24. The molecule has 2 aromatic rings. The van der Waals surface area contributed by atoms with E-state index in [9.17, 15) is 13.2 Å². The second kappa shape index (κ2) is 5.44. The van der Waals surface area contributed by atoms with E-state index in [1.807, 2.05) is 0 Å². The van der Waals surface area contributed by atoms with E-state index in [0.29, 0.717) is 5.69 Å². The van der Waals surface area contributed by atoms with Crippen molar-refractivity contribution in [2.45, 2.75) is 11.8 Å². The molecule has 1 aromatic heterocycles. The molecular formula is C12H13N3O5S. The number of hydrogen-bond acceptors (Lipinski definition) is 7. The lowest BCUT2D eigenvalue weighted by Gasteiger charge is -2.09. The molecule has 0 unspecified atom stereocenters. The fraction of sp³-hybridized carbons (Fsp3) is 0.167. The predicted molar refractivity (Wildman–Crippen MR) is 74.2 cm³/mol. The Kier molecular flexibility index (Phi) is 3.85. The normalized spacial score (nSPS) is 11.1. The van der Waals surface area contributed by atoms with Gasteiger partial charge in [0, 0.05) is 5.69 Å². The molecule has 9 heteroatoms. The van der Waals surface area contributed by atoms with Crippen LogP contribution >= 0.6 is 0 Å². The number of nitrogen functional groups attached to an aromatic ring is 1. The Balaban J connectivity index is 2.46. The zero-order chi connectivity index (χ0) is 15.6. The van der Waals surface area contributed by atoms with E-state index in [2.05, 4.69) is 14.4 Å². The van der Waals surface area contributed by atoms with Gasteiger partial charge < -0.3 is 14.9 Å². The Hall–Kier alpha value is -2.55. The van der Waals surface area contributed by atoms with Crippen molar-refractivity contribution in [3.8, 4) is 0 Å². The summed E-state index contributed by atoms with van der Waals surface area (Å²) in [7, 11) is -2.92. The Morgan fingerprint density at radius 3 is 2.71 bits per heavy atom. The average molecular weight is 311 g/mol. The lowest BCUT2D eigenvalue weighted by molar-refractivity contribution is 0.0596. The molecule has 0 bridgehead atoms. The number of benzene rings is 1. The maximum atomic E-state index is 12.3. The third-order valence-corrected chi connectivity index (χ3v) is 3.92. The zero-order valence-electron chi connectivity index (χ0n) is 11.3. The van der Waals surface area contributed by atoms with Gasteiger partial charge >= 0.3 is 12.0 Å². The minimum atomic E-state index is -4.07. The molecule has 0 radical (unpaired) electrons. The van der Waals surface area contributed by atoms with Crippen molar-refractivity contribution in [2.24, 2.45) is 0 Å². The predicted octanol–water partition coefficient (Wildman–Crippen LogP) is 1.15. The van der Waals surface area contributed by atoms with Gasteiger partial charge in [-0.25, -0.2) is 17.9 Å². The number of carbonyl (C=O) groups is 1. The first kappa shape index (κ1) is 14.9. The number of hydrogen-bond donors (Lipinski definition) is 2. The monoisotopic (exact) mass is 311 g/mol. The third-order valence-electron chi connectivity index (χ3n) is 2.54. The Labute approximate surface area is 121 Å². The lowest BCUT2D eigenvalue weighted by Crippen LogP contribution is -2.18. The van der Waals surface area contributed by atoms with Gasteiger partial charge in [0.05, 0.1) is 18.4 Å². The minimum Gasteiger partial charge on any atom is -0.465 e. The third kappa shape index (κ3) is 3.14. The minimum absolute atomic E-state index is 0.173. The maximum absolute atomic E-state index is 12.3. The highest BCUT2D eigenvalue weighted by atomic mass is 32.2. The van der Waals surface area contributed by atoms with E-state index in [-0.39, 0.29) is 22.2 Å². The summed E-state index contributed by atoms with van der Waals surface area (Å²) in [5.74, 6) is -0.814. The molecule has 0 saturated carbocycles. The first-order chi connectivity index (χ1) is 9.83. The number of ether oxygens (including phenoxy) is 1. The van der Waals surface area contributed by atoms with Crippen molar-refractivity contribution < 1.29 is 22.4 Å². The molecule has 8 nitrogen and oxygen atoms in total. The highest BCUT2D eigenvalue weighted by molar-refractivity contribution is 7.92. The molecule has 0 aliphatic heterocycles. The number of rotatable bonds is 4. The van der Waals surface area contributed by atoms with Crippen LogP contribution in [0.1, 0.15) is 16.1 Å². The standard InChI is InChI=1S/C12H13N3O5S/c1-7-6-20-12(14-7)15-21(17,18)10-4-3-8(13)5-9(10)11(16)19-2/h3-6H,13H2,1-2H3,(H,14,15). The van der Waals surface area contributed by atoms with Crippen LogP contribution in [-0.2, 0) is 14.8 Å². The van der Waals surface area contributed by atoms with Crippen molar-refractivity contribution in [1.82, 2.24) is 4.98 Å². The van der Waals surface area contributed by atoms with Gasteiger partial charge in [-0.1, -0.05) is 0 Å². The van der Waals surface area contributed by atoms with Gasteiger partial charge in [-0.3, -0.25) is 0 Å². The number of oxazole rings is 1. The Morgan fingerprint density at radius 2 is 2.14 bits per heavy atom. The molecule has 3 N–H and O–H groups in total. The number of sulfonamides is 1. The second-order valence-corrected chi connectivity index (χ2v) is 5.80. The van der Waals surface area contributed by atoms with E-state index < -0.39 is 16.0 Å². The van der Waals surface area contributed by atoms with Crippen LogP contribution in [0.3, 0.4) is 0 Å². The molecule has 0 aliphatic carbocycles. The quantitative estimate of drug-likeness (QED) is 0.641. The molecule has 1 heterocycles. The van der Waals surface area contributed by atoms with Gasteiger partial charge in [-0.05, 0) is 25.1 Å². The Bertz CT molecular complexity index is 782. The van der Waals surface area contributed by atoms with Crippen molar-refractivity contribution in [3.05, 3.63) is 35.7 Å². The summed E-state index contributed by atoms with van der Waals surface area (Å²) < 4.78 is 36.2. The number of carbonyl (C=O) groups excluding carboxylic acids is 1. The highest BCUT2D eigenvalue weighted by Crippen LogP contribution is 2.22. The first-order valence-electron chi connectivity index (χ1n) is 5.76. The molecule has 112 valence electrons. The van der Waals surface area contributed by atoms with Crippen molar-refractivity contribution in [3.63, 3.8) is 0 Å². The number of methoxy groups -OCH3 is 1. The number of esters is 1. The summed E-state index contributed by atoms with van der Waals surface area (Å²) in [5, 5.41) is 0. The molecule has 0 aliphatic rings. The number of nitrogens with one attached hydrogen (secondary N) is 1. The fourth-order valence-electron chi connectivity index (χ4n) is 1.62. The molecule has 0 saturated heterocycles.